The number of likely N-dealkylation sites (N-methyl/N-ethyl adjacent to an activating group) is 1. The number of carbonyl (C=O) groups is 2. The predicted octanol–water partition coefficient (Wildman–Crippen LogP) is 1.89. The van der Waals surface area contributed by atoms with Crippen LogP contribution in [0.25, 0.3) is 0 Å². The molecule has 0 fully saturated rings. The average Bonchev–Trinajstić information content (AvgIpc) is 2.61. The minimum Gasteiger partial charge on any atom is -0.351 e. The zero-order valence-electron chi connectivity index (χ0n) is 15.5. The lowest BCUT2D eigenvalue weighted by molar-refractivity contribution is -0.121. The van der Waals surface area contributed by atoms with E-state index < -0.39 is 15.9 Å². The quantitative estimate of drug-likeness (QED) is 0.756. The lowest BCUT2D eigenvalue weighted by Crippen LogP contribution is -2.38. The summed E-state index contributed by atoms with van der Waals surface area (Å²) in [7, 11) is -2.35. The summed E-state index contributed by atoms with van der Waals surface area (Å²) < 4.78 is 26.0. The third kappa shape index (κ3) is 5.90. The van der Waals surface area contributed by atoms with Crippen molar-refractivity contribution in [2.45, 2.75) is 25.3 Å². The van der Waals surface area contributed by atoms with Gasteiger partial charge < -0.3 is 10.6 Å². The third-order valence-corrected chi connectivity index (χ3v) is 5.68. The number of amides is 2. The van der Waals surface area contributed by atoms with Gasteiger partial charge in [-0.1, -0.05) is 29.8 Å². The van der Waals surface area contributed by atoms with Crippen LogP contribution in [0.5, 0.6) is 0 Å². The maximum Gasteiger partial charge on any atom is 0.243 e. The Morgan fingerprint density at radius 3 is 2.15 bits per heavy atom. The molecule has 0 aliphatic carbocycles. The summed E-state index contributed by atoms with van der Waals surface area (Å²) in [6, 6.07) is 13.5. The molecule has 2 aromatic rings. The first-order valence-electron chi connectivity index (χ1n) is 8.35. The normalized spacial score (nSPS) is 11.3. The minimum absolute atomic E-state index is 0.150. The molecule has 0 aliphatic heterocycles. The Morgan fingerprint density at radius 1 is 1.00 bits per heavy atom. The molecule has 0 heterocycles. The molecular weight excluding hydrogens is 366 g/mol. The van der Waals surface area contributed by atoms with Gasteiger partial charge in [-0.15, -0.1) is 0 Å². The van der Waals surface area contributed by atoms with E-state index in [1.165, 1.54) is 26.1 Å². The van der Waals surface area contributed by atoms with Gasteiger partial charge in [-0.3, -0.25) is 9.59 Å². The number of carbonyl (C=O) groups excluding carboxylic acids is 2. The standard InChI is InChI=1S/C19H23N3O4S/c1-14-4-10-18(11-5-14)27(25,26)22(3)13-19(24)20-12-16-6-8-17(9-7-16)21-15(2)23/h4-11H,12-13H2,1-3H3,(H,20,24)(H,21,23). The molecule has 144 valence electrons. The molecule has 0 atom stereocenters. The van der Waals surface area contributed by atoms with Crippen LogP contribution in [0, 0.1) is 6.92 Å². The van der Waals surface area contributed by atoms with Crippen molar-refractivity contribution in [3.05, 3.63) is 59.7 Å². The van der Waals surface area contributed by atoms with Crippen molar-refractivity contribution < 1.29 is 18.0 Å². The van der Waals surface area contributed by atoms with Gasteiger partial charge in [0.2, 0.25) is 21.8 Å². The van der Waals surface area contributed by atoms with Crippen molar-refractivity contribution in [1.82, 2.24) is 9.62 Å². The zero-order chi connectivity index (χ0) is 20.0. The SMILES string of the molecule is CC(=O)Nc1ccc(CNC(=O)CN(C)S(=O)(=O)c2ccc(C)cc2)cc1. The Labute approximate surface area is 159 Å². The minimum atomic E-state index is -3.72. The molecule has 0 radical (unpaired) electrons. The number of benzene rings is 2. The van der Waals surface area contributed by atoms with Gasteiger partial charge in [-0.25, -0.2) is 8.42 Å². The Balaban J connectivity index is 1.91. The molecule has 2 aromatic carbocycles. The summed E-state index contributed by atoms with van der Waals surface area (Å²) in [5, 5.41) is 5.35. The van der Waals surface area contributed by atoms with Gasteiger partial charge in [-0.05, 0) is 36.8 Å². The second kappa shape index (κ2) is 8.79. The number of aryl methyl sites for hydroxylation is 1. The fraction of sp³-hybridized carbons (Fsp3) is 0.263. The number of hydrogen-bond donors (Lipinski definition) is 2. The maximum atomic E-state index is 12.5. The van der Waals surface area contributed by atoms with Crippen LogP contribution < -0.4 is 10.6 Å². The van der Waals surface area contributed by atoms with Crippen LogP contribution in [0.2, 0.25) is 0 Å². The summed E-state index contributed by atoms with van der Waals surface area (Å²) >= 11 is 0. The van der Waals surface area contributed by atoms with Gasteiger partial charge in [0.15, 0.2) is 0 Å². The van der Waals surface area contributed by atoms with E-state index in [4.69, 9.17) is 0 Å². The van der Waals surface area contributed by atoms with Crippen molar-refractivity contribution in [1.29, 1.82) is 0 Å². The Hall–Kier alpha value is -2.71. The van der Waals surface area contributed by atoms with Crippen LogP contribution >= 0.6 is 0 Å². The van der Waals surface area contributed by atoms with Gasteiger partial charge in [0.05, 0.1) is 11.4 Å². The molecule has 0 saturated carbocycles. The smallest absolute Gasteiger partial charge is 0.243 e. The largest absolute Gasteiger partial charge is 0.351 e. The van der Waals surface area contributed by atoms with Crippen molar-refractivity contribution in [2.75, 3.05) is 18.9 Å². The first-order chi connectivity index (χ1) is 12.7. The van der Waals surface area contributed by atoms with Gasteiger partial charge in [0.25, 0.3) is 0 Å². The van der Waals surface area contributed by atoms with Crippen LogP contribution in [0.4, 0.5) is 5.69 Å². The molecule has 0 spiro atoms. The molecular formula is C19H23N3O4S. The first kappa shape index (κ1) is 20.6. The summed E-state index contributed by atoms with van der Waals surface area (Å²) in [5.41, 5.74) is 2.46. The highest BCUT2D eigenvalue weighted by Crippen LogP contribution is 2.15. The van der Waals surface area contributed by atoms with Crippen molar-refractivity contribution in [2.24, 2.45) is 0 Å². The van der Waals surface area contributed by atoms with Crippen LogP contribution in [-0.4, -0.2) is 38.1 Å². The topological polar surface area (TPSA) is 95.6 Å². The second-order valence-corrected chi connectivity index (χ2v) is 8.27. The van der Waals surface area contributed by atoms with Crippen LogP contribution in [0.15, 0.2) is 53.4 Å². The molecule has 0 saturated heterocycles. The Kier molecular flexibility index (Phi) is 6.70. The fourth-order valence-electron chi connectivity index (χ4n) is 2.34. The first-order valence-corrected chi connectivity index (χ1v) is 9.79. The summed E-state index contributed by atoms with van der Waals surface area (Å²) in [5.74, 6) is -0.562. The molecule has 2 amide bonds. The van der Waals surface area contributed by atoms with Gasteiger partial charge >= 0.3 is 0 Å². The lowest BCUT2D eigenvalue weighted by atomic mass is 10.2. The molecule has 7 nitrogen and oxygen atoms in total. The number of nitrogens with one attached hydrogen (secondary N) is 2. The number of rotatable bonds is 7. The Morgan fingerprint density at radius 2 is 1.59 bits per heavy atom. The number of sulfonamides is 1. The number of anilines is 1. The maximum absolute atomic E-state index is 12.5. The molecule has 0 aromatic heterocycles. The van der Waals surface area contributed by atoms with E-state index in [1.54, 1.807) is 36.4 Å². The molecule has 2 N–H and O–H groups in total. The molecule has 2 rings (SSSR count). The number of nitrogens with zero attached hydrogens (tertiary/aromatic N) is 1. The van der Waals surface area contributed by atoms with E-state index in [-0.39, 0.29) is 23.9 Å². The molecule has 8 heteroatoms. The summed E-state index contributed by atoms with van der Waals surface area (Å²) in [6.07, 6.45) is 0. The molecule has 0 unspecified atom stereocenters. The van der Waals surface area contributed by atoms with E-state index in [1.807, 2.05) is 6.92 Å². The highest BCUT2D eigenvalue weighted by molar-refractivity contribution is 7.89. The molecule has 0 bridgehead atoms. The van der Waals surface area contributed by atoms with Crippen molar-refractivity contribution in [3.63, 3.8) is 0 Å². The second-order valence-electron chi connectivity index (χ2n) is 6.23. The fourth-order valence-corrected chi connectivity index (χ4v) is 3.47. The predicted molar refractivity (Wildman–Crippen MR) is 104 cm³/mol. The van der Waals surface area contributed by atoms with Gasteiger partial charge in [-0.2, -0.15) is 4.31 Å². The lowest BCUT2D eigenvalue weighted by Gasteiger charge is -2.17. The van der Waals surface area contributed by atoms with Crippen molar-refractivity contribution in [3.8, 4) is 0 Å². The summed E-state index contributed by atoms with van der Waals surface area (Å²) in [6.45, 7) is 3.28. The highest BCUT2D eigenvalue weighted by Gasteiger charge is 2.22. The van der Waals surface area contributed by atoms with E-state index in [2.05, 4.69) is 10.6 Å². The van der Waals surface area contributed by atoms with Gasteiger partial charge in [0.1, 0.15) is 0 Å². The van der Waals surface area contributed by atoms with Crippen LogP contribution in [-0.2, 0) is 26.2 Å². The monoisotopic (exact) mass is 389 g/mol. The molecule has 0 aliphatic rings. The third-order valence-electron chi connectivity index (χ3n) is 3.86. The van der Waals surface area contributed by atoms with E-state index in [9.17, 15) is 18.0 Å². The van der Waals surface area contributed by atoms with E-state index >= 15 is 0 Å². The van der Waals surface area contributed by atoms with Crippen molar-refractivity contribution >= 4 is 27.5 Å². The molecule has 27 heavy (non-hydrogen) atoms. The summed E-state index contributed by atoms with van der Waals surface area (Å²) in [4.78, 5) is 23.2. The average molecular weight is 389 g/mol. The Bertz CT molecular complexity index is 907. The highest BCUT2D eigenvalue weighted by atomic mass is 32.2. The zero-order valence-corrected chi connectivity index (χ0v) is 16.3. The van der Waals surface area contributed by atoms with E-state index in [0.717, 1.165) is 15.4 Å². The van der Waals surface area contributed by atoms with Crippen LogP contribution in [0.1, 0.15) is 18.1 Å². The van der Waals surface area contributed by atoms with Crippen LogP contribution in [0.3, 0.4) is 0 Å². The number of hydrogen-bond acceptors (Lipinski definition) is 4. The van der Waals surface area contributed by atoms with Gasteiger partial charge in [0, 0.05) is 26.2 Å². The van der Waals surface area contributed by atoms with E-state index in [0.29, 0.717) is 5.69 Å².